The molecular weight excluding hydrogens is 128 g/mol. The molecule has 0 saturated carbocycles. The van der Waals surface area contributed by atoms with Crippen LogP contribution in [0.5, 0.6) is 0 Å². The van der Waals surface area contributed by atoms with E-state index in [-0.39, 0.29) is 0 Å². The number of nitrogens with two attached hydrogens (primary N) is 1. The molecule has 0 rings (SSSR count). The highest BCUT2D eigenvalue weighted by Gasteiger charge is 1.67. The maximum atomic E-state index is 9.66. The highest BCUT2D eigenvalue weighted by molar-refractivity contribution is 5.46. The highest BCUT2D eigenvalue weighted by Crippen LogP contribution is 1.52. The van der Waals surface area contributed by atoms with Crippen LogP contribution in [0.3, 0.4) is 0 Å². The lowest BCUT2D eigenvalue weighted by Gasteiger charge is -1.80. The quantitative estimate of drug-likeness (QED) is 0.281. The van der Waals surface area contributed by atoms with Crippen molar-refractivity contribution in [3.05, 3.63) is 0 Å². The first-order valence-corrected chi connectivity index (χ1v) is 2.74. The monoisotopic (exact) mass is 136 g/mol. The zero-order valence-corrected chi connectivity index (χ0v) is 5.48. The standard InChI is InChI=1S/C7H8N2O/c8-5-3-1-2-4-6-9-7-10/h7H,5-6,8H2,(H,9,10). The lowest BCUT2D eigenvalue weighted by molar-refractivity contribution is -0.109. The Morgan fingerprint density at radius 3 is 2.70 bits per heavy atom. The number of carbonyl (C=O) groups is 1. The molecule has 0 saturated heterocycles. The van der Waals surface area contributed by atoms with Crippen molar-refractivity contribution in [2.75, 3.05) is 13.1 Å². The molecule has 1 amide bonds. The van der Waals surface area contributed by atoms with Crippen molar-refractivity contribution in [1.29, 1.82) is 0 Å². The van der Waals surface area contributed by atoms with Crippen molar-refractivity contribution in [2.24, 2.45) is 5.73 Å². The van der Waals surface area contributed by atoms with Crippen LogP contribution in [0.4, 0.5) is 0 Å². The van der Waals surface area contributed by atoms with Crippen LogP contribution in [0.2, 0.25) is 0 Å². The first-order valence-electron chi connectivity index (χ1n) is 2.74. The van der Waals surface area contributed by atoms with Crippen LogP contribution in [0, 0.1) is 23.7 Å². The number of carbonyl (C=O) groups excluding carboxylic acids is 1. The van der Waals surface area contributed by atoms with E-state index in [2.05, 4.69) is 29.0 Å². The van der Waals surface area contributed by atoms with Crippen LogP contribution in [0.25, 0.3) is 0 Å². The third-order valence-electron chi connectivity index (χ3n) is 0.615. The molecule has 3 nitrogen and oxygen atoms in total. The normalized spacial score (nSPS) is 6.10. The first-order chi connectivity index (χ1) is 4.91. The second-order valence-electron chi connectivity index (χ2n) is 1.31. The summed E-state index contributed by atoms with van der Waals surface area (Å²) in [5.41, 5.74) is 5.06. The number of hydrogen-bond donors (Lipinski definition) is 2. The molecule has 52 valence electrons. The smallest absolute Gasteiger partial charge is 0.207 e. The molecule has 0 aromatic rings. The van der Waals surface area contributed by atoms with Gasteiger partial charge >= 0.3 is 0 Å². The summed E-state index contributed by atoms with van der Waals surface area (Å²) in [7, 11) is 0. The van der Waals surface area contributed by atoms with Crippen molar-refractivity contribution in [3.8, 4) is 23.7 Å². The Bertz CT molecular complexity index is 201. The minimum Gasteiger partial charge on any atom is -0.348 e. The van der Waals surface area contributed by atoms with Crippen LogP contribution in [-0.4, -0.2) is 19.5 Å². The molecule has 0 fully saturated rings. The lowest BCUT2D eigenvalue weighted by atomic mass is 10.5. The van der Waals surface area contributed by atoms with E-state index < -0.39 is 0 Å². The minimum absolute atomic E-state index is 0.315. The predicted molar refractivity (Wildman–Crippen MR) is 38.7 cm³/mol. The van der Waals surface area contributed by atoms with Gasteiger partial charge in [0.15, 0.2) is 0 Å². The van der Waals surface area contributed by atoms with Gasteiger partial charge in [-0.3, -0.25) is 4.79 Å². The van der Waals surface area contributed by atoms with Crippen LogP contribution in [-0.2, 0) is 4.79 Å². The van der Waals surface area contributed by atoms with Gasteiger partial charge in [-0.05, 0) is 11.8 Å². The second kappa shape index (κ2) is 7.55. The van der Waals surface area contributed by atoms with Gasteiger partial charge in [0, 0.05) is 0 Å². The van der Waals surface area contributed by atoms with E-state index in [0.717, 1.165) is 0 Å². The minimum atomic E-state index is 0.315. The van der Waals surface area contributed by atoms with Crippen molar-refractivity contribution in [1.82, 2.24) is 5.32 Å². The number of amides is 1. The number of nitrogens with one attached hydrogen (secondary N) is 1. The molecule has 3 N–H and O–H groups in total. The second-order valence-corrected chi connectivity index (χ2v) is 1.31. The Kier molecular flexibility index (Phi) is 6.46. The molecular formula is C7H8N2O. The van der Waals surface area contributed by atoms with Crippen LogP contribution >= 0.6 is 0 Å². The maximum absolute atomic E-state index is 9.66. The molecule has 0 aliphatic heterocycles. The molecule has 0 unspecified atom stereocenters. The van der Waals surface area contributed by atoms with E-state index in [1.54, 1.807) is 0 Å². The van der Waals surface area contributed by atoms with Crippen LogP contribution in [0.1, 0.15) is 0 Å². The van der Waals surface area contributed by atoms with Crippen molar-refractivity contribution in [2.45, 2.75) is 0 Å². The molecule has 3 heteroatoms. The van der Waals surface area contributed by atoms with Crippen molar-refractivity contribution < 1.29 is 4.79 Å². The molecule has 0 aliphatic rings. The van der Waals surface area contributed by atoms with Gasteiger partial charge in [-0.1, -0.05) is 11.8 Å². The van der Waals surface area contributed by atoms with Gasteiger partial charge in [0.05, 0.1) is 13.1 Å². The Morgan fingerprint density at radius 1 is 1.40 bits per heavy atom. The topological polar surface area (TPSA) is 55.1 Å². The van der Waals surface area contributed by atoms with E-state index >= 15 is 0 Å². The zero-order valence-electron chi connectivity index (χ0n) is 5.48. The van der Waals surface area contributed by atoms with Gasteiger partial charge in [-0.2, -0.15) is 0 Å². The fourth-order valence-electron chi connectivity index (χ4n) is 0.276. The SMILES string of the molecule is NCC#CC#CCNC=O. The Balaban J connectivity index is 3.39. The fraction of sp³-hybridized carbons (Fsp3) is 0.286. The third kappa shape index (κ3) is 6.55. The lowest BCUT2D eigenvalue weighted by Crippen LogP contribution is -2.09. The summed E-state index contributed by atoms with van der Waals surface area (Å²) in [6, 6.07) is 0. The average molecular weight is 136 g/mol. The van der Waals surface area contributed by atoms with E-state index in [1.807, 2.05) is 0 Å². The zero-order chi connectivity index (χ0) is 7.66. The van der Waals surface area contributed by atoms with E-state index in [4.69, 9.17) is 5.73 Å². The molecule has 0 aliphatic carbocycles. The summed E-state index contributed by atoms with van der Waals surface area (Å²) >= 11 is 0. The predicted octanol–water partition coefficient (Wildman–Crippen LogP) is -1.30. The molecule has 0 spiro atoms. The Hall–Kier alpha value is -1.45. The number of rotatable bonds is 2. The first kappa shape index (κ1) is 8.55. The molecule has 0 bridgehead atoms. The van der Waals surface area contributed by atoms with Gasteiger partial charge < -0.3 is 11.1 Å². The fourth-order valence-corrected chi connectivity index (χ4v) is 0.276. The average Bonchev–Trinajstić information content (AvgIpc) is 1.97. The largest absolute Gasteiger partial charge is 0.348 e. The van der Waals surface area contributed by atoms with E-state index in [9.17, 15) is 4.79 Å². The summed E-state index contributed by atoms with van der Waals surface area (Å²) in [4.78, 5) is 9.66. The molecule has 10 heavy (non-hydrogen) atoms. The maximum Gasteiger partial charge on any atom is 0.207 e. The summed E-state index contributed by atoms with van der Waals surface area (Å²) < 4.78 is 0. The summed E-state index contributed by atoms with van der Waals surface area (Å²) in [6.07, 6.45) is 0.588. The molecule has 0 radical (unpaired) electrons. The molecule has 0 aromatic heterocycles. The Morgan fingerprint density at radius 2 is 2.10 bits per heavy atom. The van der Waals surface area contributed by atoms with Gasteiger partial charge in [0.25, 0.3) is 0 Å². The van der Waals surface area contributed by atoms with Crippen LogP contribution < -0.4 is 11.1 Å². The Labute approximate surface area is 60.0 Å². The van der Waals surface area contributed by atoms with E-state index in [1.165, 1.54) is 0 Å². The molecule has 0 heterocycles. The van der Waals surface area contributed by atoms with Gasteiger partial charge in [0.1, 0.15) is 0 Å². The van der Waals surface area contributed by atoms with Crippen molar-refractivity contribution >= 4 is 6.41 Å². The van der Waals surface area contributed by atoms with Gasteiger partial charge in [-0.25, -0.2) is 0 Å². The summed E-state index contributed by atoms with van der Waals surface area (Å²) in [5, 5.41) is 2.37. The molecule has 0 atom stereocenters. The number of hydrogen-bond acceptors (Lipinski definition) is 2. The van der Waals surface area contributed by atoms with Crippen molar-refractivity contribution in [3.63, 3.8) is 0 Å². The van der Waals surface area contributed by atoms with Gasteiger partial charge in [0.2, 0.25) is 6.41 Å². The molecule has 0 aromatic carbocycles. The third-order valence-corrected chi connectivity index (χ3v) is 0.615. The summed E-state index contributed by atoms with van der Waals surface area (Å²) in [5.74, 6) is 10.2. The van der Waals surface area contributed by atoms with E-state index in [0.29, 0.717) is 19.5 Å². The van der Waals surface area contributed by atoms with Crippen LogP contribution in [0.15, 0.2) is 0 Å². The van der Waals surface area contributed by atoms with Gasteiger partial charge in [-0.15, -0.1) is 0 Å². The summed E-state index contributed by atoms with van der Waals surface area (Å²) in [6.45, 7) is 0.651. The highest BCUT2D eigenvalue weighted by atomic mass is 16.1.